The topological polar surface area (TPSA) is 64.7 Å². The average molecular weight is 679 g/mol. The molecular weight excluding hydrogens is 649 g/mol. The highest BCUT2D eigenvalue weighted by Gasteiger charge is 2.16. The van der Waals surface area contributed by atoms with Crippen molar-refractivity contribution in [2.24, 2.45) is 0 Å². The number of hydrogen-bond donors (Lipinski definition) is 0. The molecule has 248 valence electrons. The number of nitrogens with zero attached hydrogens (tertiary/aromatic N) is 4. The van der Waals surface area contributed by atoms with E-state index < -0.39 is 0 Å². The third kappa shape index (κ3) is 5.71. The van der Waals surface area contributed by atoms with E-state index >= 15 is 0 Å². The first-order chi connectivity index (χ1) is 26.2. The molecule has 3 heterocycles. The van der Waals surface area contributed by atoms with Gasteiger partial charge in [0.05, 0.1) is 5.69 Å². The Hall–Kier alpha value is -7.24. The van der Waals surface area contributed by atoms with Crippen LogP contribution in [0.3, 0.4) is 0 Å². The van der Waals surface area contributed by atoms with Crippen LogP contribution in [0.15, 0.2) is 187 Å². The molecule has 53 heavy (non-hydrogen) atoms. The number of fused-ring (bicyclic) bond motifs is 4. The van der Waals surface area contributed by atoms with Crippen LogP contribution in [-0.4, -0.2) is 19.9 Å². The van der Waals surface area contributed by atoms with Crippen molar-refractivity contribution >= 4 is 32.7 Å². The molecule has 5 nitrogen and oxygen atoms in total. The molecule has 7 aromatic carbocycles. The van der Waals surface area contributed by atoms with E-state index in [0.717, 1.165) is 66.6 Å². The molecule has 0 amide bonds. The van der Waals surface area contributed by atoms with Crippen LogP contribution in [0.1, 0.15) is 0 Å². The van der Waals surface area contributed by atoms with Gasteiger partial charge in [0.2, 0.25) is 0 Å². The first-order valence-electron chi connectivity index (χ1n) is 17.6. The number of benzene rings is 7. The lowest BCUT2D eigenvalue weighted by molar-refractivity contribution is 0.669. The normalized spacial score (nSPS) is 11.4. The summed E-state index contributed by atoms with van der Waals surface area (Å²) in [5.41, 5.74) is 10.8. The van der Waals surface area contributed by atoms with E-state index in [1.807, 2.05) is 66.9 Å². The van der Waals surface area contributed by atoms with Gasteiger partial charge in [-0.15, -0.1) is 0 Å². The van der Waals surface area contributed by atoms with Gasteiger partial charge in [-0.05, 0) is 75.5 Å². The zero-order valence-electron chi connectivity index (χ0n) is 28.5. The number of aromatic nitrogens is 4. The molecule has 0 aliphatic carbocycles. The van der Waals surface area contributed by atoms with Gasteiger partial charge in [0.1, 0.15) is 11.2 Å². The monoisotopic (exact) mass is 678 g/mol. The number of rotatable bonds is 6. The molecule has 10 rings (SSSR count). The molecule has 0 fully saturated rings. The standard InChI is InChI=1S/C48H30N4O/c1-2-11-33(12-3-1)46-50-47(34-22-19-32(20-23-34)37-24-21-31-10-4-5-13-35(31)28-37)52-48(51-46)39-15-8-14-36(29-39)38-25-26-41-44(30-38)53-43-18-9-16-40(45(41)43)42-17-6-7-27-49-42/h1-30H. The molecule has 10 aromatic rings. The van der Waals surface area contributed by atoms with E-state index in [1.165, 1.54) is 16.3 Å². The van der Waals surface area contributed by atoms with Crippen molar-refractivity contribution in [1.29, 1.82) is 0 Å². The second kappa shape index (κ2) is 12.8. The fraction of sp³-hybridized carbons (Fsp3) is 0. The van der Waals surface area contributed by atoms with Crippen LogP contribution in [0.25, 0.3) is 100 Å². The van der Waals surface area contributed by atoms with Crippen molar-refractivity contribution in [3.8, 4) is 67.7 Å². The highest BCUT2D eigenvalue weighted by molar-refractivity contribution is 6.12. The highest BCUT2D eigenvalue weighted by atomic mass is 16.3. The second-order valence-corrected chi connectivity index (χ2v) is 13.1. The van der Waals surface area contributed by atoms with E-state index in [9.17, 15) is 0 Å². The maximum Gasteiger partial charge on any atom is 0.164 e. The number of pyridine rings is 1. The predicted octanol–water partition coefficient (Wildman–Crippen LogP) is 12.3. The molecule has 0 radical (unpaired) electrons. The molecule has 0 N–H and O–H groups in total. The molecule has 3 aromatic heterocycles. The van der Waals surface area contributed by atoms with Gasteiger partial charge in [-0.2, -0.15) is 0 Å². The summed E-state index contributed by atoms with van der Waals surface area (Å²) in [4.78, 5) is 19.6. The molecule has 0 atom stereocenters. The lowest BCUT2D eigenvalue weighted by atomic mass is 9.99. The molecule has 0 aliphatic heterocycles. The van der Waals surface area contributed by atoms with E-state index in [0.29, 0.717) is 17.5 Å². The molecule has 0 saturated carbocycles. The third-order valence-corrected chi connectivity index (χ3v) is 9.79. The van der Waals surface area contributed by atoms with Crippen molar-refractivity contribution < 1.29 is 4.42 Å². The predicted molar refractivity (Wildman–Crippen MR) is 215 cm³/mol. The van der Waals surface area contributed by atoms with Crippen LogP contribution in [0.4, 0.5) is 0 Å². The van der Waals surface area contributed by atoms with Crippen molar-refractivity contribution in [3.05, 3.63) is 182 Å². The van der Waals surface area contributed by atoms with Crippen molar-refractivity contribution in [1.82, 2.24) is 19.9 Å². The summed E-state index contributed by atoms with van der Waals surface area (Å²) < 4.78 is 6.42. The van der Waals surface area contributed by atoms with Crippen LogP contribution in [0, 0.1) is 0 Å². The SMILES string of the molecule is c1ccc(-c2nc(-c3ccc(-c4ccc5ccccc5c4)cc3)nc(-c3cccc(-c4ccc5c(c4)oc4cccc(-c6ccccn6)c45)c3)n2)cc1. The van der Waals surface area contributed by atoms with E-state index in [2.05, 4.69) is 120 Å². The molecule has 5 heteroatoms. The largest absolute Gasteiger partial charge is 0.456 e. The summed E-state index contributed by atoms with van der Waals surface area (Å²) in [5.74, 6) is 1.86. The Bertz CT molecular complexity index is 2940. The van der Waals surface area contributed by atoms with Crippen molar-refractivity contribution in [3.63, 3.8) is 0 Å². The highest BCUT2D eigenvalue weighted by Crippen LogP contribution is 2.38. The Balaban J connectivity index is 1.03. The first-order valence-corrected chi connectivity index (χ1v) is 17.6. The van der Waals surface area contributed by atoms with Gasteiger partial charge >= 0.3 is 0 Å². The quantitative estimate of drug-likeness (QED) is 0.175. The smallest absolute Gasteiger partial charge is 0.164 e. The molecule has 0 spiro atoms. The van der Waals surface area contributed by atoms with Gasteiger partial charge in [0.25, 0.3) is 0 Å². The van der Waals surface area contributed by atoms with Gasteiger partial charge in [0, 0.05) is 39.2 Å². The van der Waals surface area contributed by atoms with Crippen molar-refractivity contribution in [2.45, 2.75) is 0 Å². The molecule has 0 aliphatic rings. The Labute approximate surface area is 305 Å². The third-order valence-electron chi connectivity index (χ3n) is 9.79. The molecule has 0 bridgehead atoms. The van der Waals surface area contributed by atoms with Crippen LogP contribution < -0.4 is 0 Å². The number of furan rings is 1. The maximum absolute atomic E-state index is 6.42. The lowest BCUT2D eigenvalue weighted by Gasteiger charge is -2.10. The van der Waals surface area contributed by atoms with Crippen molar-refractivity contribution in [2.75, 3.05) is 0 Å². The van der Waals surface area contributed by atoms with Gasteiger partial charge in [0.15, 0.2) is 17.5 Å². The Morgan fingerprint density at radius 1 is 0.358 bits per heavy atom. The summed E-state index contributed by atoms with van der Waals surface area (Å²) in [5, 5.41) is 4.58. The fourth-order valence-electron chi connectivity index (χ4n) is 7.11. The fourth-order valence-corrected chi connectivity index (χ4v) is 7.11. The van der Waals surface area contributed by atoms with E-state index in [4.69, 9.17) is 19.4 Å². The van der Waals surface area contributed by atoms with Gasteiger partial charge in [-0.25, -0.2) is 15.0 Å². The Kier molecular flexibility index (Phi) is 7.40. The Morgan fingerprint density at radius 3 is 1.77 bits per heavy atom. The minimum atomic E-state index is 0.610. The van der Waals surface area contributed by atoms with E-state index in [-0.39, 0.29) is 0 Å². The zero-order valence-corrected chi connectivity index (χ0v) is 28.5. The molecule has 0 unspecified atom stereocenters. The minimum Gasteiger partial charge on any atom is -0.456 e. The van der Waals surface area contributed by atoms with Gasteiger partial charge < -0.3 is 4.42 Å². The summed E-state index contributed by atoms with van der Waals surface area (Å²) in [6, 6.07) is 60.4. The minimum absolute atomic E-state index is 0.610. The summed E-state index contributed by atoms with van der Waals surface area (Å²) in [7, 11) is 0. The Morgan fingerprint density at radius 2 is 0.962 bits per heavy atom. The van der Waals surface area contributed by atoms with Crippen LogP contribution in [0.2, 0.25) is 0 Å². The lowest BCUT2D eigenvalue weighted by Crippen LogP contribution is -2.00. The molecule has 0 saturated heterocycles. The van der Waals surface area contributed by atoms with Gasteiger partial charge in [-0.3, -0.25) is 4.98 Å². The number of hydrogen-bond acceptors (Lipinski definition) is 5. The maximum atomic E-state index is 6.42. The van der Waals surface area contributed by atoms with Gasteiger partial charge in [-0.1, -0.05) is 133 Å². The summed E-state index contributed by atoms with van der Waals surface area (Å²) >= 11 is 0. The van der Waals surface area contributed by atoms with Crippen LogP contribution in [0.5, 0.6) is 0 Å². The molecular formula is C48H30N4O. The van der Waals surface area contributed by atoms with E-state index in [1.54, 1.807) is 0 Å². The first kappa shape index (κ1) is 30.6. The van der Waals surface area contributed by atoms with Crippen LogP contribution in [-0.2, 0) is 0 Å². The summed E-state index contributed by atoms with van der Waals surface area (Å²) in [6.07, 6.45) is 1.82. The average Bonchev–Trinajstić information content (AvgIpc) is 3.62. The zero-order chi connectivity index (χ0) is 35.1. The van der Waals surface area contributed by atoms with Crippen LogP contribution >= 0.6 is 0 Å². The summed E-state index contributed by atoms with van der Waals surface area (Å²) in [6.45, 7) is 0. The second-order valence-electron chi connectivity index (χ2n) is 13.1.